The van der Waals surface area contributed by atoms with Gasteiger partial charge in [0.1, 0.15) is 0 Å². The molecule has 0 spiro atoms. The second kappa shape index (κ2) is 17.1. The molecule has 1 unspecified atom stereocenters. The van der Waals surface area contributed by atoms with Crippen molar-refractivity contribution in [1.29, 1.82) is 0 Å². The van der Waals surface area contributed by atoms with E-state index < -0.39 is 0 Å². The van der Waals surface area contributed by atoms with Gasteiger partial charge in [-0.05, 0) is 6.42 Å². The summed E-state index contributed by atoms with van der Waals surface area (Å²) in [6.07, 6.45) is 2.28. The third-order valence-electron chi connectivity index (χ3n) is 2.52. The molecular formula is C14H30ClNO4. The fourth-order valence-electron chi connectivity index (χ4n) is 1.43. The Kier molecular flexibility index (Phi) is 17.2. The smallest absolute Gasteiger partial charge is 0.0701 e. The molecule has 0 rings (SSSR count). The van der Waals surface area contributed by atoms with Crippen LogP contribution in [0.2, 0.25) is 0 Å². The minimum absolute atomic E-state index is 0.0102. The summed E-state index contributed by atoms with van der Waals surface area (Å²) in [6.45, 7) is 8.23. The van der Waals surface area contributed by atoms with Crippen LogP contribution >= 0.6 is 11.6 Å². The quantitative estimate of drug-likeness (QED) is 0.347. The van der Waals surface area contributed by atoms with Crippen LogP contribution in [0.3, 0.4) is 0 Å². The summed E-state index contributed by atoms with van der Waals surface area (Å²) in [7, 11) is 1.65. The molecule has 0 aromatic heterocycles. The fourth-order valence-corrected chi connectivity index (χ4v) is 1.67. The maximum absolute atomic E-state index is 5.96. The van der Waals surface area contributed by atoms with Crippen LogP contribution in [-0.4, -0.2) is 71.8 Å². The molecule has 1 N–H and O–H groups in total. The van der Waals surface area contributed by atoms with E-state index in [1.807, 2.05) is 0 Å². The number of rotatable bonds is 16. The van der Waals surface area contributed by atoms with Gasteiger partial charge in [-0.25, -0.2) is 0 Å². The van der Waals surface area contributed by atoms with Crippen molar-refractivity contribution in [3.8, 4) is 0 Å². The van der Waals surface area contributed by atoms with Gasteiger partial charge in [0.25, 0.3) is 0 Å². The van der Waals surface area contributed by atoms with Gasteiger partial charge in [-0.3, -0.25) is 0 Å². The maximum Gasteiger partial charge on any atom is 0.0701 e. The summed E-state index contributed by atoms with van der Waals surface area (Å²) in [5, 5.41) is 3.21. The molecule has 0 aliphatic rings. The number of methoxy groups -OCH3 is 1. The Labute approximate surface area is 128 Å². The average molecular weight is 312 g/mol. The Bertz CT molecular complexity index is 187. The first-order valence-electron chi connectivity index (χ1n) is 7.38. The van der Waals surface area contributed by atoms with Crippen molar-refractivity contribution >= 4 is 11.6 Å². The Hall–Kier alpha value is 0.0900. The monoisotopic (exact) mass is 311 g/mol. The second-order valence-electron chi connectivity index (χ2n) is 4.45. The Morgan fingerprint density at radius 3 is 2.15 bits per heavy atom. The van der Waals surface area contributed by atoms with Crippen molar-refractivity contribution in [3.63, 3.8) is 0 Å². The summed E-state index contributed by atoms with van der Waals surface area (Å²) < 4.78 is 21.1. The van der Waals surface area contributed by atoms with E-state index in [1.165, 1.54) is 6.42 Å². The number of unbranched alkanes of at least 4 members (excludes halogenated alkanes) is 1. The molecule has 5 nitrogen and oxygen atoms in total. The summed E-state index contributed by atoms with van der Waals surface area (Å²) in [5.74, 6) is 0. The number of ether oxygens (including phenoxy) is 4. The summed E-state index contributed by atoms with van der Waals surface area (Å²) in [4.78, 5) is 0. The van der Waals surface area contributed by atoms with Crippen LogP contribution in [0.1, 0.15) is 19.8 Å². The lowest BCUT2D eigenvalue weighted by atomic mass is 10.4. The lowest BCUT2D eigenvalue weighted by Gasteiger charge is -2.10. The van der Waals surface area contributed by atoms with Crippen LogP contribution in [0.5, 0.6) is 0 Å². The van der Waals surface area contributed by atoms with Crippen molar-refractivity contribution in [2.45, 2.75) is 25.1 Å². The fraction of sp³-hybridized carbons (Fsp3) is 1.00. The minimum Gasteiger partial charge on any atom is -0.383 e. The van der Waals surface area contributed by atoms with Gasteiger partial charge in [-0.15, -0.1) is 11.6 Å². The molecule has 0 amide bonds. The van der Waals surface area contributed by atoms with Gasteiger partial charge in [0.2, 0.25) is 0 Å². The molecule has 0 bridgehead atoms. The number of alkyl halides is 1. The molecule has 122 valence electrons. The van der Waals surface area contributed by atoms with Crippen molar-refractivity contribution in [3.05, 3.63) is 0 Å². The van der Waals surface area contributed by atoms with E-state index in [-0.39, 0.29) is 5.38 Å². The normalized spacial score (nSPS) is 12.8. The lowest BCUT2D eigenvalue weighted by Crippen LogP contribution is -2.29. The largest absolute Gasteiger partial charge is 0.383 e. The topological polar surface area (TPSA) is 49.0 Å². The van der Waals surface area contributed by atoms with Gasteiger partial charge in [0.15, 0.2) is 0 Å². The summed E-state index contributed by atoms with van der Waals surface area (Å²) in [5.41, 5.74) is 0. The molecule has 0 aromatic rings. The third kappa shape index (κ3) is 16.1. The maximum atomic E-state index is 5.96. The van der Waals surface area contributed by atoms with E-state index in [4.69, 9.17) is 30.5 Å². The molecule has 0 saturated heterocycles. The van der Waals surface area contributed by atoms with Gasteiger partial charge in [0.05, 0.1) is 45.0 Å². The van der Waals surface area contributed by atoms with Crippen molar-refractivity contribution < 1.29 is 18.9 Å². The van der Waals surface area contributed by atoms with Gasteiger partial charge < -0.3 is 24.3 Å². The highest BCUT2D eigenvalue weighted by Gasteiger charge is 2.01. The van der Waals surface area contributed by atoms with Gasteiger partial charge in [-0.2, -0.15) is 0 Å². The van der Waals surface area contributed by atoms with Crippen LogP contribution < -0.4 is 5.32 Å². The predicted octanol–water partition coefficient (Wildman–Crippen LogP) is 1.68. The molecule has 0 fully saturated rings. The average Bonchev–Trinajstić information content (AvgIpc) is 2.44. The molecule has 0 aromatic carbocycles. The third-order valence-corrected chi connectivity index (χ3v) is 2.80. The van der Waals surface area contributed by atoms with Crippen LogP contribution in [-0.2, 0) is 18.9 Å². The molecule has 0 aliphatic heterocycles. The summed E-state index contributed by atoms with van der Waals surface area (Å²) >= 11 is 5.96. The van der Waals surface area contributed by atoms with Crippen molar-refractivity contribution in [2.75, 3.05) is 66.4 Å². The molecule has 0 saturated carbocycles. The molecule has 6 heteroatoms. The van der Waals surface area contributed by atoms with E-state index >= 15 is 0 Å². The Morgan fingerprint density at radius 2 is 1.55 bits per heavy atom. The molecule has 0 aliphatic carbocycles. The van der Waals surface area contributed by atoms with E-state index in [1.54, 1.807) is 7.11 Å². The first kappa shape index (κ1) is 20.1. The van der Waals surface area contributed by atoms with Gasteiger partial charge in [0, 0.05) is 26.8 Å². The Morgan fingerprint density at radius 1 is 0.950 bits per heavy atom. The standard InChI is InChI=1S/C14H30ClNO4/c1-3-4-6-18-8-10-20-11-9-19-7-5-16-12-14(15)13-17-2/h14,16H,3-13H2,1-2H3. The van der Waals surface area contributed by atoms with E-state index in [0.29, 0.717) is 39.6 Å². The first-order valence-corrected chi connectivity index (χ1v) is 7.81. The number of halogens is 1. The second-order valence-corrected chi connectivity index (χ2v) is 5.06. The van der Waals surface area contributed by atoms with Crippen LogP contribution in [0.4, 0.5) is 0 Å². The van der Waals surface area contributed by atoms with Gasteiger partial charge in [-0.1, -0.05) is 13.3 Å². The number of hydrogen-bond donors (Lipinski definition) is 1. The van der Waals surface area contributed by atoms with Crippen molar-refractivity contribution in [1.82, 2.24) is 5.32 Å². The SMILES string of the molecule is CCCCOCCOCCOCCNCC(Cl)COC. The van der Waals surface area contributed by atoms with E-state index in [0.717, 1.165) is 26.1 Å². The van der Waals surface area contributed by atoms with Crippen molar-refractivity contribution in [2.24, 2.45) is 0 Å². The van der Waals surface area contributed by atoms with E-state index in [2.05, 4.69) is 12.2 Å². The highest BCUT2D eigenvalue weighted by molar-refractivity contribution is 6.20. The van der Waals surface area contributed by atoms with Gasteiger partial charge >= 0.3 is 0 Å². The van der Waals surface area contributed by atoms with Crippen LogP contribution in [0.15, 0.2) is 0 Å². The predicted molar refractivity (Wildman–Crippen MR) is 81.8 cm³/mol. The highest BCUT2D eigenvalue weighted by Crippen LogP contribution is 1.93. The van der Waals surface area contributed by atoms with E-state index in [9.17, 15) is 0 Å². The minimum atomic E-state index is 0.0102. The number of hydrogen-bond acceptors (Lipinski definition) is 5. The highest BCUT2D eigenvalue weighted by atomic mass is 35.5. The zero-order chi connectivity index (χ0) is 14.9. The van der Waals surface area contributed by atoms with Crippen LogP contribution in [0.25, 0.3) is 0 Å². The molecule has 1 atom stereocenters. The Balaban J connectivity index is 2.99. The number of nitrogens with one attached hydrogen (secondary N) is 1. The molecule has 0 radical (unpaired) electrons. The lowest BCUT2D eigenvalue weighted by molar-refractivity contribution is 0.0146. The molecule has 20 heavy (non-hydrogen) atoms. The zero-order valence-corrected chi connectivity index (χ0v) is 13.6. The summed E-state index contributed by atoms with van der Waals surface area (Å²) in [6, 6.07) is 0. The molecular weight excluding hydrogens is 282 g/mol. The zero-order valence-electron chi connectivity index (χ0n) is 12.9. The first-order chi connectivity index (χ1) is 9.81. The molecule has 0 heterocycles. The van der Waals surface area contributed by atoms with Crippen LogP contribution in [0, 0.1) is 0 Å².